The van der Waals surface area contributed by atoms with Crippen LogP contribution in [-0.2, 0) is 28.6 Å². The van der Waals surface area contributed by atoms with Crippen molar-refractivity contribution in [3.8, 4) is 0 Å². The van der Waals surface area contributed by atoms with Gasteiger partial charge in [0.1, 0.15) is 0 Å². The second-order valence-electron chi connectivity index (χ2n) is 4.03. The van der Waals surface area contributed by atoms with Crippen molar-refractivity contribution in [2.45, 2.75) is 39.0 Å². The molecule has 0 bridgehead atoms. The summed E-state index contributed by atoms with van der Waals surface area (Å²) in [5.41, 5.74) is 7.05. The lowest BCUT2D eigenvalue weighted by molar-refractivity contribution is 0.583. The van der Waals surface area contributed by atoms with Crippen molar-refractivity contribution < 1.29 is 8.42 Å². The van der Waals surface area contributed by atoms with Gasteiger partial charge in [-0.15, -0.1) is 0 Å². The summed E-state index contributed by atoms with van der Waals surface area (Å²) in [5, 5.41) is 4.34. The van der Waals surface area contributed by atoms with Crippen molar-refractivity contribution in [3.05, 3.63) is 17.5 Å². The van der Waals surface area contributed by atoms with Gasteiger partial charge in [-0.3, -0.25) is 4.68 Å². The van der Waals surface area contributed by atoms with Crippen molar-refractivity contribution in [1.82, 2.24) is 9.78 Å². The van der Waals surface area contributed by atoms with Gasteiger partial charge in [0.25, 0.3) is 0 Å². The molecule has 0 saturated carbocycles. The second kappa shape index (κ2) is 6.16. The van der Waals surface area contributed by atoms with Gasteiger partial charge in [-0.1, -0.05) is 6.92 Å². The number of aryl methyl sites for hydroxylation is 2. The molecule has 0 atom stereocenters. The molecule has 0 fully saturated rings. The fraction of sp³-hybridized carbons (Fsp3) is 0.727. The lowest BCUT2D eigenvalue weighted by atomic mass is 10.3. The van der Waals surface area contributed by atoms with Crippen LogP contribution in [0.5, 0.6) is 0 Å². The predicted octanol–water partition coefficient (Wildman–Crippen LogP) is 0.729. The van der Waals surface area contributed by atoms with Gasteiger partial charge < -0.3 is 5.73 Å². The van der Waals surface area contributed by atoms with E-state index < -0.39 is 9.84 Å². The third-order valence-corrected chi connectivity index (χ3v) is 4.25. The highest BCUT2D eigenvalue weighted by atomic mass is 32.2. The number of hydrogen-bond donors (Lipinski definition) is 1. The Balaban J connectivity index is 2.83. The molecular weight excluding hydrogens is 238 g/mol. The summed E-state index contributed by atoms with van der Waals surface area (Å²) >= 11 is 0. The monoisotopic (exact) mass is 259 g/mol. The SMILES string of the molecule is CCc1cc(CS(=O)(=O)CCCN)n(CC)n1. The summed E-state index contributed by atoms with van der Waals surface area (Å²) in [6.07, 6.45) is 1.34. The lowest BCUT2D eigenvalue weighted by Crippen LogP contribution is -2.15. The van der Waals surface area contributed by atoms with E-state index >= 15 is 0 Å². The first-order chi connectivity index (χ1) is 8.02. The molecule has 2 N–H and O–H groups in total. The molecule has 5 nitrogen and oxygen atoms in total. The molecule has 0 saturated heterocycles. The van der Waals surface area contributed by atoms with Crippen molar-refractivity contribution in [2.75, 3.05) is 12.3 Å². The van der Waals surface area contributed by atoms with Crippen molar-refractivity contribution in [2.24, 2.45) is 5.73 Å². The van der Waals surface area contributed by atoms with E-state index in [-0.39, 0.29) is 11.5 Å². The van der Waals surface area contributed by atoms with Crippen LogP contribution >= 0.6 is 0 Å². The van der Waals surface area contributed by atoms with E-state index in [0.29, 0.717) is 19.5 Å². The van der Waals surface area contributed by atoms with Crippen LogP contribution in [0.3, 0.4) is 0 Å². The molecule has 1 aromatic rings. The minimum absolute atomic E-state index is 0.0633. The normalized spacial score (nSPS) is 11.9. The molecule has 0 aromatic carbocycles. The van der Waals surface area contributed by atoms with E-state index in [0.717, 1.165) is 17.8 Å². The van der Waals surface area contributed by atoms with E-state index in [1.54, 1.807) is 4.68 Å². The van der Waals surface area contributed by atoms with E-state index in [1.165, 1.54) is 0 Å². The number of aromatic nitrogens is 2. The highest BCUT2D eigenvalue weighted by Crippen LogP contribution is 2.11. The Morgan fingerprint density at radius 3 is 2.65 bits per heavy atom. The van der Waals surface area contributed by atoms with Gasteiger partial charge >= 0.3 is 0 Å². The molecule has 0 aliphatic carbocycles. The molecule has 6 heteroatoms. The number of sulfone groups is 1. The molecule has 0 unspecified atom stereocenters. The Labute approximate surface area is 103 Å². The average Bonchev–Trinajstić information content (AvgIpc) is 2.68. The maximum absolute atomic E-state index is 11.8. The van der Waals surface area contributed by atoms with Gasteiger partial charge in [-0.25, -0.2) is 8.42 Å². The quantitative estimate of drug-likeness (QED) is 0.783. The second-order valence-corrected chi connectivity index (χ2v) is 6.21. The van der Waals surface area contributed by atoms with Gasteiger partial charge in [-0.05, 0) is 32.4 Å². The van der Waals surface area contributed by atoms with Gasteiger partial charge in [0.05, 0.1) is 22.9 Å². The Morgan fingerprint density at radius 2 is 2.12 bits per heavy atom. The van der Waals surface area contributed by atoms with Crippen LogP contribution in [0.25, 0.3) is 0 Å². The summed E-state index contributed by atoms with van der Waals surface area (Å²) in [6, 6.07) is 1.88. The molecule has 0 aliphatic heterocycles. The molecule has 0 spiro atoms. The molecular formula is C11H21N3O2S. The summed E-state index contributed by atoms with van der Waals surface area (Å²) in [6.45, 7) is 5.08. The van der Waals surface area contributed by atoms with E-state index in [4.69, 9.17) is 5.73 Å². The van der Waals surface area contributed by atoms with Crippen LogP contribution in [0.4, 0.5) is 0 Å². The molecule has 0 radical (unpaired) electrons. The summed E-state index contributed by atoms with van der Waals surface area (Å²) in [5.74, 6) is 0.216. The number of hydrogen-bond acceptors (Lipinski definition) is 4. The highest BCUT2D eigenvalue weighted by Gasteiger charge is 2.15. The number of nitrogens with two attached hydrogens (primary N) is 1. The molecule has 0 amide bonds. The zero-order valence-electron chi connectivity index (χ0n) is 10.5. The minimum atomic E-state index is -3.07. The van der Waals surface area contributed by atoms with Gasteiger partial charge in [0.2, 0.25) is 0 Å². The largest absolute Gasteiger partial charge is 0.330 e. The van der Waals surface area contributed by atoms with Crippen LogP contribution in [0, 0.1) is 0 Å². The maximum atomic E-state index is 11.8. The van der Waals surface area contributed by atoms with Gasteiger partial charge in [0, 0.05) is 6.54 Å². The zero-order valence-corrected chi connectivity index (χ0v) is 11.3. The van der Waals surface area contributed by atoms with Crippen LogP contribution in [-0.4, -0.2) is 30.5 Å². The summed E-state index contributed by atoms with van der Waals surface area (Å²) in [7, 11) is -3.07. The van der Waals surface area contributed by atoms with Gasteiger partial charge in [0.15, 0.2) is 9.84 Å². The van der Waals surface area contributed by atoms with Gasteiger partial charge in [-0.2, -0.15) is 5.10 Å². The summed E-state index contributed by atoms with van der Waals surface area (Å²) < 4.78 is 25.4. The summed E-state index contributed by atoms with van der Waals surface area (Å²) in [4.78, 5) is 0. The van der Waals surface area contributed by atoms with Crippen molar-refractivity contribution in [3.63, 3.8) is 0 Å². The molecule has 1 aromatic heterocycles. The molecule has 17 heavy (non-hydrogen) atoms. The molecule has 98 valence electrons. The number of nitrogens with zero attached hydrogens (tertiary/aromatic N) is 2. The Bertz CT molecular complexity index is 451. The fourth-order valence-corrected chi connectivity index (χ4v) is 3.11. The Hall–Kier alpha value is -0.880. The Kier molecular flexibility index (Phi) is 5.14. The van der Waals surface area contributed by atoms with Crippen LogP contribution in [0.15, 0.2) is 6.07 Å². The van der Waals surface area contributed by atoms with Crippen LogP contribution < -0.4 is 5.73 Å². The van der Waals surface area contributed by atoms with Crippen LogP contribution in [0.2, 0.25) is 0 Å². The highest BCUT2D eigenvalue weighted by molar-refractivity contribution is 7.90. The molecule has 0 aliphatic rings. The van der Waals surface area contributed by atoms with Crippen molar-refractivity contribution in [1.29, 1.82) is 0 Å². The topological polar surface area (TPSA) is 78.0 Å². The third-order valence-electron chi connectivity index (χ3n) is 2.60. The molecule has 1 heterocycles. The molecule has 1 rings (SSSR count). The minimum Gasteiger partial charge on any atom is -0.330 e. The standard InChI is InChI=1S/C11H21N3O2S/c1-3-10-8-11(14(4-2)13-10)9-17(15,16)7-5-6-12/h8H,3-7,9,12H2,1-2H3. The average molecular weight is 259 g/mol. The first-order valence-corrected chi connectivity index (χ1v) is 7.80. The fourth-order valence-electron chi connectivity index (χ4n) is 1.68. The zero-order chi connectivity index (χ0) is 12.9. The van der Waals surface area contributed by atoms with E-state index in [9.17, 15) is 8.42 Å². The smallest absolute Gasteiger partial charge is 0.156 e. The first-order valence-electron chi connectivity index (χ1n) is 5.98. The Morgan fingerprint density at radius 1 is 1.41 bits per heavy atom. The predicted molar refractivity (Wildman–Crippen MR) is 68.4 cm³/mol. The number of rotatable bonds is 7. The van der Waals surface area contributed by atoms with E-state index in [1.807, 2.05) is 19.9 Å². The van der Waals surface area contributed by atoms with Crippen LogP contribution in [0.1, 0.15) is 31.7 Å². The maximum Gasteiger partial charge on any atom is 0.156 e. The van der Waals surface area contributed by atoms with Crippen molar-refractivity contribution >= 4 is 9.84 Å². The first kappa shape index (κ1) is 14.2. The van der Waals surface area contributed by atoms with E-state index in [2.05, 4.69) is 5.10 Å². The lowest BCUT2D eigenvalue weighted by Gasteiger charge is -2.05. The third kappa shape index (κ3) is 4.12.